The van der Waals surface area contributed by atoms with Gasteiger partial charge in [0.25, 0.3) is 0 Å². The first kappa shape index (κ1) is 16.4. The number of nitrogens with zero attached hydrogens (tertiary/aromatic N) is 1. The van der Waals surface area contributed by atoms with Gasteiger partial charge in [-0.3, -0.25) is 4.79 Å². The molecule has 1 aromatic carbocycles. The second-order valence-electron chi connectivity index (χ2n) is 5.33. The first-order valence-corrected chi connectivity index (χ1v) is 7.48. The Labute approximate surface area is 124 Å². The van der Waals surface area contributed by atoms with Gasteiger partial charge in [0.05, 0.1) is 11.8 Å². The maximum atomic E-state index is 12.0. The first-order valence-electron chi connectivity index (χ1n) is 6.49. The predicted octanol–water partition coefficient (Wildman–Crippen LogP) is 2.72. The second kappa shape index (κ2) is 6.67. The number of nitriles is 1. The number of carbonyl (C=O) groups excluding carboxylic acids is 1. The Balaban J connectivity index is 2.65. The van der Waals surface area contributed by atoms with Crippen molar-refractivity contribution >= 4 is 23.4 Å². The number of carbonyl (C=O) groups is 1. The average Bonchev–Trinajstić information content (AvgIpc) is 2.39. The van der Waals surface area contributed by atoms with Crippen LogP contribution in [0.2, 0.25) is 0 Å². The van der Waals surface area contributed by atoms with Gasteiger partial charge in [-0.15, -0.1) is 11.8 Å². The molecule has 0 fully saturated rings. The molecule has 0 aromatic heterocycles. The topological polar surface area (TPSA) is 78.9 Å². The van der Waals surface area contributed by atoms with E-state index in [-0.39, 0.29) is 17.6 Å². The maximum absolute atomic E-state index is 12.0. The van der Waals surface area contributed by atoms with Crippen LogP contribution in [0.3, 0.4) is 0 Å². The molecule has 0 bridgehead atoms. The van der Waals surface area contributed by atoms with Gasteiger partial charge in [0.15, 0.2) is 0 Å². The lowest BCUT2D eigenvalue weighted by molar-refractivity contribution is -0.120. The third-order valence-electron chi connectivity index (χ3n) is 3.36. The first-order chi connectivity index (χ1) is 9.28. The fourth-order valence-electron chi connectivity index (χ4n) is 1.54. The minimum absolute atomic E-state index is 0.0514. The maximum Gasteiger partial charge on any atom is 0.231 e. The van der Waals surface area contributed by atoms with E-state index in [0.29, 0.717) is 5.69 Å². The summed E-state index contributed by atoms with van der Waals surface area (Å²) in [6.45, 7) is 7.55. The molecule has 20 heavy (non-hydrogen) atoms. The van der Waals surface area contributed by atoms with E-state index in [4.69, 9.17) is 5.73 Å². The van der Waals surface area contributed by atoms with E-state index in [0.717, 1.165) is 10.5 Å². The zero-order valence-corrected chi connectivity index (χ0v) is 13.2. The number of aryl methyl sites for hydroxylation is 1. The summed E-state index contributed by atoms with van der Waals surface area (Å²) in [7, 11) is 0. The highest BCUT2D eigenvalue weighted by atomic mass is 32.2. The molecule has 0 aliphatic heterocycles. The average molecular weight is 291 g/mol. The van der Waals surface area contributed by atoms with Gasteiger partial charge in [0.1, 0.15) is 5.54 Å². The number of nitrogens with one attached hydrogen (secondary N) is 1. The molecule has 1 unspecified atom stereocenters. The van der Waals surface area contributed by atoms with Crippen LogP contribution in [0.25, 0.3) is 0 Å². The molecule has 0 heterocycles. The van der Waals surface area contributed by atoms with E-state index in [9.17, 15) is 10.1 Å². The summed E-state index contributed by atoms with van der Waals surface area (Å²) in [4.78, 5) is 13.0. The Kier molecular flexibility index (Phi) is 5.46. The molecule has 1 atom stereocenters. The number of anilines is 1. The molecule has 1 amide bonds. The monoisotopic (exact) mass is 291 g/mol. The minimum atomic E-state index is -0.831. The summed E-state index contributed by atoms with van der Waals surface area (Å²) in [5.74, 6) is 0.180. The Hall–Kier alpha value is -1.67. The second-order valence-corrected chi connectivity index (χ2v) is 6.35. The number of benzene rings is 1. The van der Waals surface area contributed by atoms with Gasteiger partial charge in [-0.2, -0.15) is 5.26 Å². The van der Waals surface area contributed by atoms with E-state index in [2.05, 4.69) is 11.4 Å². The third-order valence-corrected chi connectivity index (χ3v) is 4.51. The van der Waals surface area contributed by atoms with Gasteiger partial charge in [-0.1, -0.05) is 19.9 Å². The summed E-state index contributed by atoms with van der Waals surface area (Å²) >= 11 is 1.43. The van der Waals surface area contributed by atoms with Crippen molar-refractivity contribution in [1.29, 1.82) is 5.26 Å². The van der Waals surface area contributed by atoms with Crippen LogP contribution in [0.15, 0.2) is 23.1 Å². The standard InChI is InChI=1S/C15H21N3OS/c1-10(2)15(4,9-16)18-14(19)8-20-13-7-12(17)6-5-11(13)3/h5-7,10H,8,17H2,1-4H3,(H,18,19). The molecular formula is C15H21N3OS. The molecule has 3 N–H and O–H groups in total. The van der Waals surface area contributed by atoms with Gasteiger partial charge in [0, 0.05) is 10.6 Å². The quantitative estimate of drug-likeness (QED) is 0.646. The molecule has 0 aliphatic carbocycles. The SMILES string of the molecule is Cc1ccc(N)cc1SCC(=O)NC(C)(C#N)C(C)C. The fraction of sp³-hybridized carbons (Fsp3) is 0.467. The van der Waals surface area contributed by atoms with Crippen LogP contribution in [-0.2, 0) is 4.79 Å². The molecule has 0 radical (unpaired) electrons. The normalized spacial score (nSPS) is 13.6. The van der Waals surface area contributed by atoms with E-state index >= 15 is 0 Å². The lowest BCUT2D eigenvalue weighted by atomic mass is 9.90. The Morgan fingerprint density at radius 3 is 2.75 bits per heavy atom. The number of nitrogen functional groups attached to an aromatic ring is 1. The van der Waals surface area contributed by atoms with Gasteiger partial charge in [-0.05, 0) is 37.5 Å². The highest BCUT2D eigenvalue weighted by molar-refractivity contribution is 8.00. The summed E-state index contributed by atoms with van der Waals surface area (Å²) in [6, 6.07) is 7.80. The molecule has 0 spiro atoms. The van der Waals surface area contributed by atoms with E-state index < -0.39 is 5.54 Å². The summed E-state index contributed by atoms with van der Waals surface area (Å²) in [6.07, 6.45) is 0. The number of thioether (sulfide) groups is 1. The number of amides is 1. The third kappa shape index (κ3) is 4.17. The molecule has 4 nitrogen and oxygen atoms in total. The molecule has 0 saturated heterocycles. The molecule has 0 aliphatic rings. The van der Waals surface area contributed by atoms with Crippen molar-refractivity contribution in [2.45, 2.75) is 38.1 Å². The molecule has 1 rings (SSSR count). The highest BCUT2D eigenvalue weighted by Crippen LogP contribution is 2.25. The van der Waals surface area contributed by atoms with Crippen LogP contribution in [-0.4, -0.2) is 17.2 Å². The summed E-state index contributed by atoms with van der Waals surface area (Å²) in [5.41, 5.74) is 6.68. The van der Waals surface area contributed by atoms with Crippen molar-refractivity contribution < 1.29 is 4.79 Å². The van der Waals surface area contributed by atoms with Crippen molar-refractivity contribution in [2.75, 3.05) is 11.5 Å². The fourth-order valence-corrected chi connectivity index (χ4v) is 2.42. The largest absolute Gasteiger partial charge is 0.399 e. The van der Waals surface area contributed by atoms with Gasteiger partial charge in [-0.25, -0.2) is 0 Å². The predicted molar refractivity (Wildman–Crippen MR) is 83.3 cm³/mol. The van der Waals surface area contributed by atoms with Crippen molar-refractivity contribution in [1.82, 2.24) is 5.32 Å². The summed E-state index contributed by atoms with van der Waals surface area (Å²) < 4.78 is 0. The minimum Gasteiger partial charge on any atom is -0.399 e. The number of rotatable bonds is 5. The van der Waals surface area contributed by atoms with E-state index in [1.807, 2.05) is 39.0 Å². The van der Waals surface area contributed by atoms with Crippen molar-refractivity contribution in [3.8, 4) is 6.07 Å². The van der Waals surface area contributed by atoms with Gasteiger partial charge >= 0.3 is 0 Å². The lowest BCUT2D eigenvalue weighted by Gasteiger charge is -2.27. The van der Waals surface area contributed by atoms with Gasteiger partial charge < -0.3 is 11.1 Å². The van der Waals surface area contributed by atoms with Crippen LogP contribution in [0.4, 0.5) is 5.69 Å². The number of hydrogen-bond donors (Lipinski definition) is 2. The van der Waals surface area contributed by atoms with Crippen LogP contribution in [0.1, 0.15) is 26.3 Å². The smallest absolute Gasteiger partial charge is 0.231 e. The molecule has 0 saturated carbocycles. The molecule has 108 valence electrons. The number of nitrogens with two attached hydrogens (primary N) is 1. The Bertz CT molecular complexity index is 536. The Morgan fingerprint density at radius 2 is 2.20 bits per heavy atom. The van der Waals surface area contributed by atoms with Crippen LogP contribution >= 0.6 is 11.8 Å². The highest BCUT2D eigenvalue weighted by Gasteiger charge is 2.29. The van der Waals surface area contributed by atoms with Crippen molar-refractivity contribution in [2.24, 2.45) is 5.92 Å². The van der Waals surface area contributed by atoms with E-state index in [1.165, 1.54) is 11.8 Å². The van der Waals surface area contributed by atoms with Crippen LogP contribution < -0.4 is 11.1 Å². The lowest BCUT2D eigenvalue weighted by Crippen LogP contribution is -2.49. The molecule has 5 heteroatoms. The zero-order chi connectivity index (χ0) is 15.3. The zero-order valence-electron chi connectivity index (χ0n) is 12.4. The van der Waals surface area contributed by atoms with E-state index in [1.54, 1.807) is 6.92 Å². The Morgan fingerprint density at radius 1 is 1.55 bits per heavy atom. The van der Waals surface area contributed by atoms with Crippen molar-refractivity contribution in [3.63, 3.8) is 0 Å². The summed E-state index contributed by atoms with van der Waals surface area (Å²) in [5, 5.41) is 12.0. The van der Waals surface area contributed by atoms with Crippen LogP contribution in [0, 0.1) is 24.2 Å². The van der Waals surface area contributed by atoms with Gasteiger partial charge in [0.2, 0.25) is 5.91 Å². The van der Waals surface area contributed by atoms with Crippen LogP contribution in [0.5, 0.6) is 0 Å². The number of hydrogen-bond acceptors (Lipinski definition) is 4. The molecule has 1 aromatic rings. The molecular weight excluding hydrogens is 270 g/mol. The van der Waals surface area contributed by atoms with Crippen molar-refractivity contribution in [3.05, 3.63) is 23.8 Å².